The fourth-order valence-electron chi connectivity index (χ4n) is 0.736. The lowest BCUT2D eigenvalue weighted by Crippen LogP contribution is -1.53. The van der Waals surface area contributed by atoms with Gasteiger partial charge in [-0.1, -0.05) is 36.5 Å². The molecule has 2 rings (SSSR count). The fourth-order valence-corrected chi connectivity index (χ4v) is 0.736. The molecule has 0 saturated carbocycles. The number of rotatable bonds is 0. The minimum Gasteiger partial charge on any atom is -0.286 e. The van der Waals surface area contributed by atoms with Crippen molar-refractivity contribution in [2.24, 2.45) is 0 Å². The highest BCUT2D eigenvalue weighted by Gasteiger charge is 1.70. The summed E-state index contributed by atoms with van der Waals surface area (Å²) >= 11 is 0. The number of hydrogen-bond donors (Lipinski definition) is 1. The number of H-pyrrole nitrogens is 1. The molecular weight excluding hydrogens is 148 g/mol. The van der Waals surface area contributed by atoms with Gasteiger partial charge in [-0.05, 0) is 12.5 Å². The standard InChI is InChI=1S/C7H8.C3H4N2/c1-2-4-6-7-5-3-1;1-2-4-5-3-1/h1-6H,7H2;1-3H,(H,4,5). The molecule has 1 aliphatic rings. The maximum absolute atomic E-state index is 3.60. The van der Waals surface area contributed by atoms with Gasteiger partial charge in [0, 0.05) is 12.4 Å². The van der Waals surface area contributed by atoms with Crippen LogP contribution in [-0.2, 0) is 0 Å². The Balaban J connectivity index is 0.000000127. The van der Waals surface area contributed by atoms with Crippen molar-refractivity contribution >= 4 is 0 Å². The van der Waals surface area contributed by atoms with Crippen LogP contribution in [0, 0.1) is 0 Å². The Morgan fingerprint density at radius 3 is 2.17 bits per heavy atom. The first-order chi connectivity index (χ1) is 6.00. The van der Waals surface area contributed by atoms with E-state index in [1.54, 1.807) is 12.4 Å². The lowest BCUT2D eigenvalue weighted by molar-refractivity contribution is 1.09. The third-order valence-electron chi connectivity index (χ3n) is 1.28. The van der Waals surface area contributed by atoms with E-state index in [9.17, 15) is 0 Å². The van der Waals surface area contributed by atoms with Crippen molar-refractivity contribution < 1.29 is 0 Å². The van der Waals surface area contributed by atoms with Crippen LogP contribution in [0.2, 0.25) is 0 Å². The Bertz CT molecular complexity index is 224. The first-order valence-corrected chi connectivity index (χ1v) is 3.92. The van der Waals surface area contributed by atoms with Crippen LogP contribution in [-0.4, -0.2) is 10.2 Å². The molecule has 0 aromatic carbocycles. The van der Waals surface area contributed by atoms with Gasteiger partial charge in [-0.3, -0.25) is 5.10 Å². The Labute approximate surface area is 72.3 Å². The average Bonchev–Trinajstić information content (AvgIpc) is 2.54. The van der Waals surface area contributed by atoms with Crippen LogP contribution in [0.5, 0.6) is 0 Å². The van der Waals surface area contributed by atoms with Gasteiger partial charge in [-0.2, -0.15) is 5.10 Å². The molecule has 0 unspecified atom stereocenters. The molecule has 1 N–H and O–H groups in total. The van der Waals surface area contributed by atoms with Gasteiger partial charge in [-0.25, -0.2) is 0 Å². The van der Waals surface area contributed by atoms with Gasteiger partial charge < -0.3 is 0 Å². The first-order valence-electron chi connectivity index (χ1n) is 3.92. The smallest absolute Gasteiger partial charge is 0.0487 e. The summed E-state index contributed by atoms with van der Waals surface area (Å²) in [5.74, 6) is 0. The molecule has 0 fully saturated rings. The van der Waals surface area contributed by atoms with E-state index in [4.69, 9.17) is 0 Å². The highest BCUT2D eigenvalue weighted by Crippen LogP contribution is 1.91. The number of allylic oxidation sites excluding steroid dienone is 6. The van der Waals surface area contributed by atoms with Gasteiger partial charge in [0.2, 0.25) is 0 Å². The molecule has 12 heavy (non-hydrogen) atoms. The zero-order chi connectivity index (χ0) is 8.49. The molecule has 1 aromatic heterocycles. The number of nitrogens with one attached hydrogen (secondary N) is 1. The highest BCUT2D eigenvalue weighted by atomic mass is 15.1. The van der Waals surface area contributed by atoms with Gasteiger partial charge in [0.05, 0.1) is 0 Å². The zero-order valence-electron chi connectivity index (χ0n) is 6.85. The molecule has 0 amide bonds. The summed E-state index contributed by atoms with van der Waals surface area (Å²) in [6.07, 6.45) is 17.0. The maximum Gasteiger partial charge on any atom is 0.0487 e. The lowest BCUT2D eigenvalue weighted by Gasteiger charge is -1.69. The maximum atomic E-state index is 3.60. The van der Waals surface area contributed by atoms with Gasteiger partial charge in [0.1, 0.15) is 0 Å². The summed E-state index contributed by atoms with van der Waals surface area (Å²) in [7, 11) is 0. The zero-order valence-corrected chi connectivity index (χ0v) is 6.85. The highest BCUT2D eigenvalue weighted by molar-refractivity contribution is 5.16. The van der Waals surface area contributed by atoms with Crippen LogP contribution in [0.3, 0.4) is 0 Å². The second kappa shape index (κ2) is 6.16. The van der Waals surface area contributed by atoms with Gasteiger partial charge in [0.15, 0.2) is 0 Å². The lowest BCUT2D eigenvalue weighted by atomic mass is 10.4. The Morgan fingerprint density at radius 1 is 1.00 bits per heavy atom. The molecular formula is C10H12N2. The quantitative estimate of drug-likeness (QED) is 0.620. The van der Waals surface area contributed by atoms with Crippen LogP contribution < -0.4 is 0 Å². The molecule has 0 spiro atoms. The average molecular weight is 160 g/mol. The van der Waals surface area contributed by atoms with Crippen molar-refractivity contribution in [1.82, 2.24) is 10.2 Å². The molecule has 0 radical (unpaired) electrons. The van der Waals surface area contributed by atoms with Crippen LogP contribution in [0.25, 0.3) is 0 Å². The number of nitrogens with zero attached hydrogens (tertiary/aromatic N) is 1. The molecule has 2 heteroatoms. The summed E-state index contributed by atoms with van der Waals surface area (Å²) in [6, 6.07) is 1.83. The summed E-state index contributed by atoms with van der Waals surface area (Å²) in [6.45, 7) is 0. The van der Waals surface area contributed by atoms with E-state index < -0.39 is 0 Å². The Kier molecular flexibility index (Phi) is 4.38. The van der Waals surface area contributed by atoms with Crippen molar-refractivity contribution in [3.05, 3.63) is 54.9 Å². The molecule has 0 atom stereocenters. The third kappa shape index (κ3) is 4.28. The predicted octanol–water partition coefficient (Wildman–Crippen LogP) is 2.47. The second-order valence-corrected chi connectivity index (χ2v) is 2.24. The number of aromatic amines is 1. The first kappa shape index (κ1) is 8.53. The van der Waals surface area contributed by atoms with Crippen LogP contribution in [0.15, 0.2) is 54.9 Å². The topological polar surface area (TPSA) is 28.7 Å². The summed E-state index contributed by atoms with van der Waals surface area (Å²) in [5.41, 5.74) is 0. The van der Waals surface area contributed by atoms with Crippen molar-refractivity contribution in [2.45, 2.75) is 6.42 Å². The van der Waals surface area contributed by atoms with E-state index in [1.165, 1.54) is 0 Å². The SMILES string of the molecule is C1=CC=CCC=C1.c1cn[nH]c1. The second-order valence-electron chi connectivity index (χ2n) is 2.24. The van der Waals surface area contributed by atoms with Crippen LogP contribution >= 0.6 is 0 Å². The minimum atomic E-state index is 1.08. The molecule has 0 saturated heterocycles. The van der Waals surface area contributed by atoms with Crippen LogP contribution in [0.1, 0.15) is 6.42 Å². The molecule has 1 aromatic rings. The third-order valence-corrected chi connectivity index (χ3v) is 1.28. The van der Waals surface area contributed by atoms with Gasteiger partial charge in [0.25, 0.3) is 0 Å². The Morgan fingerprint density at radius 2 is 1.75 bits per heavy atom. The molecule has 2 nitrogen and oxygen atoms in total. The molecule has 0 aliphatic heterocycles. The van der Waals surface area contributed by atoms with Gasteiger partial charge >= 0.3 is 0 Å². The van der Waals surface area contributed by atoms with Crippen molar-refractivity contribution in [3.63, 3.8) is 0 Å². The summed E-state index contributed by atoms with van der Waals surface area (Å²) < 4.78 is 0. The van der Waals surface area contributed by atoms with E-state index in [0.717, 1.165) is 6.42 Å². The summed E-state index contributed by atoms with van der Waals surface area (Å²) in [5, 5.41) is 6.21. The minimum absolute atomic E-state index is 1.08. The van der Waals surface area contributed by atoms with Crippen molar-refractivity contribution in [2.75, 3.05) is 0 Å². The molecule has 1 heterocycles. The summed E-state index contributed by atoms with van der Waals surface area (Å²) in [4.78, 5) is 0. The Hall–Kier alpha value is -1.57. The normalized spacial score (nSPS) is 13.3. The van der Waals surface area contributed by atoms with E-state index in [1.807, 2.05) is 18.2 Å². The van der Waals surface area contributed by atoms with Crippen LogP contribution in [0.4, 0.5) is 0 Å². The van der Waals surface area contributed by atoms with E-state index in [2.05, 4.69) is 34.5 Å². The van der Waals surface area contributed by atoms with Crippen molar-refractivity contribution in [1.29, 1.82) is 0 Å². The predicted molar refractivity (Wildman–Crippen MR) is 50.6 cm³/mol. The van der Waals surface area contributed by atoms with E-state index in [0.29, 0.717) is 0 Å². The number of aromatic nitrogens is 2. The molecule has 62 valence electrons. The van der Waals surface area contributed by atoms with Crippen molar-refractivity contribution in [3.8, 4) is 0 Å². The van der Waals surface area contributed by atoms with E-state index in [-0.39, 0.29) is 0 Å². The monoisotopic (exact) mass is 160 g/mol. The van der Waals surface area contributed by atoms with Gasteiger partial charge in [-0.15, -0.1) is 0 Å². The molecule has 1 aliphatic carbocycles. The fraction of sp³-hybridized carbons (Fsp3) is 0.100. The number of hydrogen-bond acceptors (Lipinski definition) is 1. The van der Waals surface area contributed by atoms with E-state index >= 15 is 0 Å². The molecule has 0 bridgehead atoms. The largest absolute Gasteiger partial charge is 0.286 e.